The summed E-state index contributed by atoms with van der Waals surface area (Å²) in [5.74, 6) is 0. The second-order valence-corrected chi connectivity index (χ2v) is 7.71. The number of benzene rings is 1. The highest BCUT2D eigenvalue weighted by Gasteiger charge is 2.22. The van der Waals surface area contributed by atoms with Crippen molar-refractivity contribution >= 4 is 6.03 Å². The van der Waals surface area contributed by atoms with E-state index in [1.165, 1.54) is 42.4 Å². The molecule has 2 atom stereocenters. The molecular weight excluding hydrogens is 312 g/mol. The summed E-state index contributed by atoms with van der Waals surface area (Å²) in [4.78, 5) is 16.9. The zero-order chi connectivity index (χ0) is 17.8. The molecule has 2 aliphatic rings. The van der Waals surface area contributed by atoms with Crippen LogP contribution >= 0.6 is 0 Å². The van der Waals surface area contributed by atoms with E-state index in [4.69, 9.17) is 0 Å². The number of likely N-dealkylation sites (N-methyl/N-ethyl adjacent to an activating group) is 2. The van der Waals surface area contributed by atoms with Crippen LogP contribution < -0.4 is 10.6 Å². The first-order valence-electron chi connectivity index (χ1n) is 9.58. The van der Waals surface area contributed by atoms with E-state index in [2.05, 4.69) is 59.7 Å². The van der Waals surface area contributed by atoms with Gasteiger partial charge >= 0.3 is 6.03 Å². The van der Waals surface area contributed by atoms with Crippen molar-refractivity contribution in [1.82, 2.24) is 20.4 Å². The number of fused-ring (bicyclic) bond motifs is 1. The molecule has 1 aromatic carbocycles. The van der Waals surface area contributed by atoms with Gasteiger partial charge in [0.25, 0.3) is 0 Å². The lowest BCUT2D eigenvalue weighted by Gasteiger charge is -2.37. The predicted octanol–water partition coefficient (Wildman–Crippen LogP) is 2.17. The highest BCUT2D eigenvalue weighted by molar-refractivity contribution is 5.74. The van der Waals surface area contributed by atoms with Crippen LogP contribution in [0.3, 0.4) is 0 Å². The summed E-state index contributed by atoms with van der Waals surface area (Å²) < 4.78 is 0. The normalized spacial score (nSPS) is 22.9. The van der Waals surface area contributed by atoms with Gasteiger partial charge in [-0.2, -0.15) is 0 Å². The van der Waals surface area contributed by atoms with Gasteiger partial charge in [-0.15, -0.1) is 0 Å². The fourth-order valence-corrected chi connectivity index (χ4v) is 3.89. The lowest BCUT2D eigenvalue weighted by atomic mass is 9.89. The molecule has 1 heterocycles. The number of carbonyl (C=O) groups excluding carboxylic acids is 1. The van der Waals surface area contributed by atoms with Crippen molar-refractivity contribution in [3.63, 3.8) is 0 Å². The number of amides is 2. The van der Waals surface area contributed by atoms with Gasteiger partial charge in [-0.25, -0.2) is 4.79 Å². The van der Waals surface area contributed by atoms with Crippen LogP contribution in [0, 0.1) is 0 Å². The van der Waals surface area contributed by atoms with Gasteiger partial charge in [-0.1, -0.05) is 18.2 Å². The maximum atomic E-state index is 12.3. The second-order valence-electron chi connectivity index (χ2n) is 7.71. The Morgan fingerprint density at radius 2 is 1.96 bits per heavy atom. The van der Waals surface area contributed by atoms with Crippen molar-refractivity contribution in [1.29, 1.82) is 0 Å². The minimum Gasteiger partial charge on any atom is -0.337 e. The molecule has 5 nitrogen and oxygen atoms in total. The molecule has 2 amide bonds. The summed E-state index contributed by atoms with van der Waals surface area (Å²) in [6.45, 7) is 5.88. The number of hydrogen-bond acceptors (Lipinski definition) is 3. The first-order chi connectivity index (χ1) is 12.0. The molecular formula is C20H32N4O. The standard InChI is InChI=1S/C20H32N4O/c1-15(17-9-8-16-6-4-5-7-18(16)12-17)22-20(25)21-13-19-14-23(2)10-11-24(19)3/h8-9,12,15,19H,4-7,10-11,13-14H2,1-3H3,(H2,21,22,25)/t15-,19+/m1/s1. The summed E-state index contributed by atoms with van der Waals surface area (Å²) in [5.41, 5.74) is 4.14. The largest absolute Gasteiger partial charge is 0.337 e. The summed E-state index contributed by atoms with van der Waals surface area (Å²) in [6, 6.07) is 7.02. The highest BCUT2D eigenvalue weighted by Crippen LogP contribution is 2.24. The molecule has 0 bridgehead atoms. The Balaban J connectivity index is 1.50. The maximum absolute atomic E-state index is 12.3. The number of aryl methyl sites for hydroxylation is 2. The van der Waals surface area contributed by atoms with Crippen molar-refractivity contribution < 1.29 is 4.79 Å². The third-order valence-electron chi connectivity index (χ3n) is 5.70. The smallest absolute Gasteiger partial charge is 0.315 e. The van der Waals surface area contributed by atoms with E-state index >= 15 is 0 Å². The van der Waals surface area contributed by atoms with Crippen LogP contribution in [-0.2, 0) is 12.8 Å². The summed E-state index contributed by atoms with van der Waals surface area (Å²) in [7, 11) is 4.27. The Morgan fingerprint density at radius 1 is 1.20 bits per heavy atom. The average molecular weight is 345 g/mol. The summed E-state index contributed by atoms with van der Waals surface area (Å²) in [5, 5.41) is 6.13. The van der Waals surface area contributed by atoms with Gasteiger partial charge in [-0.05, 0) is 63.4 Å². The van der Waals surface area contributed by atoms with Gasteiger partial charge in [0.2, 0.25) is 0 Å². The van der Waals surface area contributed by atoms with Crippen molar-refractivity contribution in [3.8, 4) is 0 Å². The maximum Gasteiger partial charge on any atom is 0.315 e. The molecule has 0 unspecified atom stereocenters. The fourth-order valence-electron chi connectivity index (χ4n) is 3.89. The second kappa shape index (κ2) is 8.19. The lowest BCUT2D eigenvalue weighted by Crippen LogP contribution is -2.55. The van der Waals surface area contributed by atoms with Gasteiger partial charge < -0.3 is 15.5 Å². The SMILES string of the molecule is C[C@@H](NC(=O)NC[C@H]1CN(C)CCN1C)c1ccc2c(c1)CCCC2. The molecule has 1 aliphatic carbocycles. The van der Waals surface area contributed by atoms with E-state index in [1.54, 1.807) is 0 Å². The zero-order valence-corrected chi connectivity index (χ0v) is 15.8. The quantitative estimate of drug-likeness (QED) is 0.880. The van der Waals surface area contributed by atoms with E-state index in [0.29, 0.717) is 12.6 Å². The van der Waals surface area contributed by atoms with Gasteiger partial charge in [0.1, 0.15) is 0 Å². The van der Waals surface area contributed by atoms with Gasteiger partial charge in [0.15, 0.2) is 0 Å². The highest BCUT2D eigenvalue weighted by atomic mass is 16.2. The number of nitrogens with one attached hydrogen (secondary N) is 2. The number of piperazine rings is 1. The molecule has 5 heteroatoms. The van der Waals surface area contributed by atoms with Crippen molar-refractivity contribution in [3.05, 3.63) is 34.9 Å². The van der Waals surface area contributed by atoms with E-state index in [1.807, 2.05) is 0 Å². The Labute approximate surface area is 151 Å². The monoisotopic (exact) mass is 344 g/mol. The Bertz CT molecular complexity index is 603. The Hall–Kier alpha value is -1.59. The predicted molar refractivity (Wildman–Crippen MR) is 102 cm³/mol. The van der Waals surface area contributed by atoms with Crippen molar-refractivity contribution in [2.45, 2.75) is 44.7 Å². The van der Waals surface area contributed by atoms with E-state index in [-0.39, 0.29) is 12.1 Å². The fraction of sp³-hybridized carbons (Fsp3) is 0.650. The van der Waals surface area contributed by atoms with Crippen molar-refractivity contribution in [2.24, 2.45) is 0 Å². The first kappa shape index (κ1) is 18.2. The number of nitrogens with zero attached hydrogens (tertiary/aromatic N) is 2. The van der Waals surface area contributed by atoms with Crippen LogP contribution in [-0.4, -0.2) is 62.1 Å². The van der Waals surface area contributed by atoms with Crippen LogP contribution in [0.15, 0.2) is 18.2 Å². The zero-order valence-electron chi connectivity index (χ0n) is 15.8. The van der Waals surface area contributed by atoms with Crippen molar-refractivity contribution in [2.75, 3.05) is 40.3 Å². The van der Waals surface area contributed by atoms with Crippen LogP contribution in [0.5, 0.6) is 0 Å². The van der Waals surface area contributed by atoms with Crippen LogP contribution in [0.1, 0.15) is 42.5 Å². The number of urea groups is 1. The topological polar surface area (TPSA) is 47.6 Å². The van der Waals surface area contributed by atoms with Crippen LogP contribution in [0.4, 0.5) is 4.79 Å². The minimum absolute atomic E-state index is 0.0268. The van der Waals surface area contributed by atoms with E-state index in [0.717, 1.165) is 19.6 Å². The lowest BCUT2D eigenvalue weighted by molar-refractivity contribution is 0.114. The van der Waals surface area contributed by atoms with Gasteiger partial charge in [-0.3, -0.25) is 4.90 Å². The summed E-state index contributed by atoms with van der Waals surface area (Å²) in [6.07, 6.45) is 4.94. The molecule has 1 aliphatic heterocycles. The third kappa shape index (κ3) is 4.73. The molecule has 138 valence electrons. The number of carbonyl (C=O) groups is 1. The molecule has 0 saturated carbocycles. The first-order valence-corrected chi connectivity index (χ1v) is 9.58. The third-order valence-corrected chi connectivity index (χ3v) is 5.70. The molecule has 0 radical (unpaired) electrons. The van der Waals surface area contributed by atoms with Gasteiger partial charge in [0, 0.05) is 32.2 Å². The molecule has 25 heavy (non-hydrogen) atoms. The Kier molecular flexibility index (Phi) is 5.97. The van der Waals surface area contributed by atoms with Crippen LogP contribution in [0.2, 0.25) is 0 Å². The Morgan fingerprint density at radius 3 is 2.76 bits per heavy atom. The van der Waals surface area contributed by atoms with E-state index < -0.39 is 0 Å². The average Bonchev–Trinajstić information content (AvgIpc) is 2.62. The molecule has 1 aromatic rings. The molecule has 1 fully saturated rings. The van der Waals surface area contributed by atoms with Crippen LogP contribution in [0.25, 0.3) is 0 Å². The van der Waals surface area contributed by atoms with E-state index in [9.17, 15) is 4.79 Å². The number of hydrogen-bond donors (Lipinski definition) is 2. The molecule has 1 saturated heterocycles. The number of rotatable bonds is 4. The minimum atomic E-state index is -0.0770. The molecule has 0 spiro atoms. The molecule has 2 N–H and O–H groups in total. The molecule has 3 rings (SSSR count). The van der Waals surface area contributed by atoms with Gasteiger partial charge in [0.05, 0.1) is 6.04 Å². The molecule has 0 aromatic heterocycles. The summed E-state index contributed by atoms with van der Waals surface area (Å²) >= 11 is 0.